The van der Waals surface area contributed by atoms with Gasteiger partial charge >= 0.3 is 0 Å². The van der Waals surface area contributed by atoms with Gasteiger partial charge in [-0.1, -0.05) is 18.0 Å². The Bertz CT molecular complexity index is 914. The Morgan fingerprint density at radius 1 is 1.30 bits per heavy atom. The number of methoxy groups -OCH3 is 1. The van der Waals surface area contributed by atoms with Crippen molar-refractivity contribution in [2.75, 3.05) is 19.0 Å². The summed E-state index contributed by atoms with van der Waals surface area (Å²) in [6.07, 6.45) is 7.18. The fourth-order valence-corrected chi connectivity index (χ4v) is 3.52. The van der Waals surface area contributed by atoms with Crippen LogP contribution in [-0.2, 0) is 18.2 Å². The van der Waals surface area contributed by atoms with E-state index < -0.39 is 0 Å². The number of ether oxygens (including phenoxy) is 1. The number of rotatable bonds is 7. The molecule has 1 N–H and O–H groups in total. The molecule has 9 heteroatoms. The van der Waals surface area contributed by atoms with Gasteiger partial charge in [-0.3, -0.25) is 4.68 Å². The Morgan fingerprint density at radius 3 is 2.89 bits per heavy atom. The number of fused-ring (bicyclic) bond motifs is 1. The summed E-state index contributed by atoms with van der Waals surface area (Å²) in [6, 6.07) is -0.177. The van der Waals surface area contributed by atoms with E-state index in [2.05, 4.69) is 20.6 Å². The lowest BCUT2D eigenvalue weighted by Gasteiger charge is -2.14. The van der Waals surface area contributed by atoms with E-state index >= 15 is 0 Å². The molecule has 0 aliphatic heterocycles. The maximum absolute atomic E-state index is 5.40. The van der Waals surface area contributed by atoms with E-state index in [9.17, 15) is 0 Å². The van der Waals surface area contributed by atoms with Crippen molar-refractivity contribution in [2.24, 2.45) is 7.05 Å². The number of aromatic nitrogens is 6. The van der Waals surface area contributed by atoms with Crippen LogP contribution in [0.3, 0.4) is 0 Å². The fraction of sp³-hybridized carbons (Fsp3) is 0.611. The summed E-state index contributed by atoms with van der Waals surface area (Å²) in [7, 11) is 3.56. The first-order valence-corrected chi connectivity index (χ1v) is 9.43. The molecule has 144 valence electrons. The molecule has 1 unspecified atom stereocenters. The Kier molecular flexibility index (Phi) is 5.02. The van der Waals surface area contributed by atoms with Crippen LogP contribution in [0.4, 0.5) is 5.82 Å². The Balaban J connectivity index is 1.61. The molecule has 1 saturated carbocycles. The lowest BCUT2D eigenvalue weighted by atomic mass is 10.1. The molecule has 1 aliphatic carbocycles. The number of nitrogens with one attached hydrogen (secondary N) is 1. The van der Waals surface area contributed by atoms with Crippen LogP contribution in [0.1, 0.15) is 62.1 Å². The molecule has 27 heavy (non-hydrogen) atoms. The number of nitrogens with zero attached hydrogens (tertiary/aromatic N) is 6. The molecule has 0 bridgehead atoms. The molecule has 0 saturated heterocycles. The molecule has 1 atom stereocenters. The van der Waals surface area contributed by atoms with Crippen LogP contribution in [0.2, 0.25) is 0 Å². The van der Waals surface area contributed by atoms with Crippen LogP contribution in [0.5, 0.6) is 0 Å². The summed E-state index contributed by atoms with van der Waals surface area (Å²) < 4.78 is 12.3. The molecule has 3 heterocycles. The molecular weight excluding hydrogens is 346 g/mol. The highest BCUT2D eigenvalue weighted by Gasteiger charge is 2.24. The van der Waals surface area contributed by atoms with Crippen molar-refractivity contribution in [3.05, 3.63) is 23.7 Å². The SMILES string of the molecule is COCCc1noc(C(C)Nc2nc(C3CCCC3)nc3c2cnn3C)n1. The van der Waals surface area contributed by atoms with E-state index in [1.54, 1.807) is 18.0 Å². The van der Waals surface area contributed by atoms with E-state index in [1.807, 2.05) is 14.0 Å². The molecule has 0 amide bonds. The van der Waals surface area contributed by atoms with Gasteiger partial charge in [0.2, 0.25) is 5.89 Å². The fourth-order valence-electron chi connectivity index (χ4n) is 3.52. The Hall–Kier alpha value is -2.55. The highest BCUT2D eigenvalue weighted by atomic mass is 16.5. The van der Waals surface area contributed by atoms with Crippen LogP contribution < -0.4 is 5.32 Å². The average molecular weight is 371 g/mol. The Labute approximate surface area is 157 Å². The van der Waals surface area contributed by atoms with Gasteiger partial charge in [0.15, 0.2) is 11.5 Å². The average Bonchev–Trinajstić information content (AvgIpc) is 3.41. The van der Waals surface area contributed by atoms with Crippen molar-refractivity contribution in [1.82, 2.24) is 29.9 Å². The second-order valence-corrected chi connectivity index (χ2v) is 7.07. The summed E-state index contributed by atoms with van der Waals surface area (Å²) in [5.41, 5.74) is 0.841. The monoisotopic (exact) mass is 371 g/mol. The van der Waals surface area contributed by atoms with Crippen LogP contribution in [0, 0.1) is 0 Å². The van der Waals surface area contributed by atoms with Crippen molar-refractivity contribution < 1.29 is 9.26 Å². The first-order valence-electron chi connectivity index (χ1n) is 9.43. The minimum atomic E-state index is -0.177. The molecule has 4 rings (SSSR count). The van der Waals surface area contributed by atoms with Gasteiger partial charge in [0.05, 0.1) is 18.2 Å². The van der Waals surface area contributed by atoms with Gasteiger partial charge in [-0.15, -0.1) is 0 Å². The third-order valence-electron chi connectivity index (χ3n) is 5.07. The topological polar surface area (TPSA) is 104 Å². The molecule has 0 radical (unpaired) electrons. The zero-order chi connectivity index (χ0) is 18.8. The zero-order valence-corrected chi connectivity index (χ0v) is 16.0. The Morgan fingerprint density at radius 2 is 2.11 bits per heavy atom. The lowest BCUT2D eigenvalue weighted by molar-refractivity contribution is 0.199. The maximum atomic E-state index is 5.40. The quantitative estimate of drug-likeness (QED) is 0.676. The molecule has 9 nitrogen and oxygen atoms in total. The number of aryl methyl sites for hydroxylation is 1. The molecule has 1 fully saturated rings. The zero-order valence-electron chi connectivity index (χ0n) is 16.0. The largest absolute Gasteiger partial charge is 0.384 e. The van der Waals surface area contributed by atoms with E-state index in [0.29, 0.717) is 30.7 Å². The van der Waals surface area contributed by atoms with Gasteiger partial charge in [0.25, 0.3) is 0 Å². The van der Waals surface area contributed by atoms with E-state index in [0.717, 1.165) is 35.5 Å². The second-order valence-electron chi connectivity index (χ2n) is 7.07. The second kappa shape index (κ2) is 7.59. The number of hydrogen-bond acceptors (Lipinski definition) is 8. The maximum Gasteiger partial charge on any atom is 0.248 e. The summed E-state index contributed by atoms with van der Waals surface area (Å²) >= 11 is 0. The number of anilines is 1. The van der Waals surface area contributed by atoms with E-state index in [1.165, 1.54) is 12.8 Å². The summed E-state index contributed by atoms with van der Waals surface area (Å²) in [6.45, 7) is 2.54. The molecule has 1 aliphatic rings. The van der Waals surface area contributed by atoms with Crippen LogP contribution in [0.15, 0.2) is 10.7 Å². The predicted molar refractivity (Wildman–Crippen MR) is 99.4 cm³/mol. The van der Waals surface area contributed by atoms with Gasteiger partial charge in [0, 0.05) is 26.5 Å². The van der Waals surface area contributed by atoms with Gasteiger partial charge in [-0.2, -0.15) is 10.1 Å². The molecule has 0 aromatic carbocycles. The van der Waals surface area contributed by atoms with Crippen molar-refractivity contribution in [3.8, 4) is 0 Å². The smallest absolute Gasteiger partial charge is 0.248 e. The van der Waals surface area contributed by atoms with Crippen LogP contribution in [0.25, 0.3) is 11.0 Å². The van der Waals surface area contributed by atoms with Crippen LogP contribution in [-0.4, -0.2) is 43.6 Å². The minimum absolute atomic E-state index is 0.177. The van der Waals surface area contributed by atoms with Crippen molar-refractivity contribution >= 4 is 16.9 Å². The standard InChI is InChI=1S/C18H25N7O2/c1-11(18-21-14(24-27-18)8-9-26-3)20-16-13-10-19-25(2)17(13)23-15(22-16)12-6-4-5-7-12/h10-12H,4-9H2,1-3H3,(H,20,22,23). The highest BCUT2D eigenvalue weighted by molar-refractivity contribution is 5.86. The van der Waals surface area contributed by atoms with E-state index in [-0.39, 0.29) is 6.04 Å². The van der Waals surface area contributed by atoms with Gasteiger partial charge in [-0.25, -0.2) is 9.97 Å². The predicted octanol–water partition coefficient (Wildman–Crippen LogP) is 2.77. The normalized spacial score (nSPS) is 16.3. The third kappa shape index (κ3) is 3.64. The third-order valence-corrected chi connectivity index (χ3v) is 5.07. The molecule has 3 aromatic heterocycles. The molecule has 3 aromatic rings. The first-order chi connectivity index (χ1) is 13.2. The van der Waals surface area contributed by atoms with E-state index in [4.69, 9.17) is 19.2 Å². The lowest BCUT2D eigenvalue weighted by Crippen LogP contribution is -2.12. The first kappa shape index (κ1) is 17.8. The van der Waals surface area contributed by atoms with Gasteiger partial charge in [-0.05, 0) is 19.8 Å². The summed E-state index contributed by atoms with van der Waals surface area (Å²) in [5.74, 6) is 3.24. The number of hydrogen-bond donors (Lipinski definition) is 1. The highest BCUT2D eigenvalue weighted by Crippen LogP contribution is 2.34. The molecular formula is C18H25N7O2. The van der Waals surface area contributed by atoms with Crippen LogP contribution >= 0.6 is 0 Å². The summed E-state index contributed by atoms with van der Waals surface area (Å²) in [5, 5.41) is 12.7. The van der Waals surface area contributed by atoms with Gasteiger partial charge in [0.1, 0.15) is 17.7 Å². The minimum Gasteiger partial charge on any atom is -0.384 e. The van der Waals surface area contributed by atoms with Crippen molar-refractivity contribution in [3.63, 3.8) is 0 Å². The molecule has 0 spiro atoms. The van der Waals surface area contributed by atoms with Gasteiger partial charge < -0.3 is 14.6 Å². The van der Waals surface area contributed by atoms with Crippen molar-refractivity contribution in [2.45, 2.75) is 51.0 Å². The summed E-state index contributed by atoms with van der Waals surface area (Å²) in [4.78, 5) is 14.1. The van der Waals surface area contributed by atoms with Crippen molar-refractivity contribution in [1.29, 1.82) is 0 Å².